The van der Waals surface area contributed by atoms with Crippen LogP contribution in [-0.4, -0.2) is 28.3 Å². The number of thioether (sulfide) groups is 1. The summed E-state index contributed by atoms with van der Waals surface area (Å²) in [6.45, 7) is 0. The molecule has 0 radical (unpaired) electrons. The molecule has 2 aromatic heterocycles. The Morgan fingerprint density at radius 2 is 2.00 bits per heavy atom. The van der Waals surface area contributed by atoms with Gasteiger partial charge >= 0.3 is 0 Å². The molecule has 3 rings (SSSR count). The third kappa shape index (κ3) is 2.50. The smallest absolute Gasteiger partial charge is 0.258 e. The van der Waals surface area contributed by atoms with E-state index in [1.54, 1.807) is 19.5 Å². The Morgan fingerprint density at radius 1 is 1.24 bits per heavy atom. The monoisotopic (exact) mass is 299 g/mol. The molecule has 6 heteroatoms. The van der Waals surface area contributed by atoms with Gasteiger partial charge in [0.05, 0.1) is 18.2 Å². The van der Waals surface area contributed by atoms with Crippen molar-refractivity contribution in [2.75, 3.05) is 13.4 Å². The standard InChI is InChI=1S/C15H13N3O2S/c1-20-11-5-3-9(4-6-11)12-13-10(7-16-14(12)19)8-17-15(18-13)21-2/h3-8H,1-2H3,(H,16,19). The van der Waals surface area contributed by atoms with Crippen LogP contribution in [0.3, 0.4) is 0 Å². The molecule has 0 aliphatic carbocycles. The second kappa shape index (κ2) is 5.57. The molecule has 0 saturated heterocycles. The van der Waals surface area contributed by atoms with E-state index in [4.69, 9.17) is 4.74 Å². The maximum absolute atomic E-state index is 12.2. The molecule has 0 aliphatic heterocycles. The number of pyridine rings is 1. The minimum Gasteiger partial charge on any atom is -0.497 e. The molecular formula is C15H13N3O2S. The molecule has 0 amide bonds. The van der Waals surface area contributed by atoms with Gasteiger partial charge in [-0.1, -0.05) is 23.9 Å². The van der Waals surface area contributed by atoms with Gasteiger partial charge < -0.3 is 9.72 Å². The normalized spacial score (nSPS) is 10.8. The zero-order valence-electron chi connectivity index (χ0n) is 11.6. The van der Waals surface area contributed by atoms with Crippen LogP contribution in [0, 0.1) is 0 Å². The Bertz CT molecular complexity index is 844. The average Bonchev–Trinajstić information content (AvgIpc) is 2.54. The third-order valence-electron chi connectivity index (χ3n) is 3.18. The molecule has 0 fully saturated rings. The molecule has 21 heavy (non-hydrogen) atoms. The van der Waals surface area contributed by atoms with Crippen molar-refractivity contribution in [3.05, 3.63) is 47.0 Å². The van der Waals surface area contributed by atoms with Crippen molar-refractivity contribution in [1.82, 2.24) is 15.0 Å². The first kappa shape index (κ1) is 13.6. The van der Waals surface area contributed by atoms with E-state index in [-0.39, 0.29) is 5.56 Å². The highest BCUT2D eigenvalue weighted by Crippen LogP contribution is 2.26. The van der Waals surface area contributed by atoms with Crippen molar-refractivity contribution < 1.29 is 4.74 Å². The lowest BCUT2D eigenvalue weighted by atomic mass is 10.1. The van der Waals surface area contributed by atoms with Crippen LogP contribution < -0.4 is 10.3 Å². The van der Waals surface area contributed by atoms with E-state index in [1.165, 1.54) is 11.8 Å². The number of ether oxygens (including phenoxy) is 1. The summed E-state index contributed by atoms with van der Waals surface area (Å²) in [5.74, 6) is 0.745. The van der Waals surface area contributed by atoms with Crippen LogP contribution in [0.15, 0.2) is 46.6 Å². The largest absolute Gasteiger partial charge is 0.497 e. The quantitative estimate of drug-likeness (QED) is 0.595. The fraction of sp³-hybridized carbons (Fsp3) is 0.133. The Kier molecular flexibility index (Phi) is 3.62. The summed E-state index contributed by atoms with van der Waals surface area (Å²) in [6.07, 6.45) is 5.26. The Balaban J connectivity index is 2.28. The lowest BCUT2D eigenvalue weighted by molar-refractivity contribution is 0.415. The number of nitrogens with zero attached hydrogens (tertiary/aromatic N) is 2. The lowest BCUT2D eigenvalue weighted by Gasteiger charge is -2.07. The SMILES string of the molecule is COc1ccc(-c2c(=O)[nH]cc3cnc(SC)nc23)cc1. The number of aromatic amines is 1. The van der Waals surface area contributed by atoms with Gasteiger partial charge in [0.2, 0.25) is 0 Å². The van der Waals surface area contributed by atoms with Gasteiger partial charge in [-0.15, -0.1) is 0 Å². The van der Waals surface area contributed by atoms with Gasteiger partial charge in [-0.25, -0.2) is 9.97 Å². The van der Waals surface area contributed by atoms with Crippen molar-refractivity contribution >= 4 is 22.7 Å². The molecule has 0 unspecified atom stereocenters. The zero-order chi connectivity index (χ0) is 14.8. The van der Waals surface area contributed by atoms with Crippen LogP contribution in [0.2, 0.25) is 0 Å². The van der Waals surface area contributed by atoms with Crippen LogP contribution in [0.1, 0.15) is 0 Å². The summed E-state index contributed by atoms with van der Waals surface area (Å²) in [5.41, 5.74) is 1.84. The molecule has 1 N–H and O–H groups in total. The van der Waals surface area contributed by atoms with Gasteiger partial charge in [-0.05, 0) is 24.0 Å². The van der Waals surface area contributed by atoms with E-state index in [9.17, 15) is 4.79 Å². The summed E-state index contributed by atoms with van der Waals surface area (Å²) in [6, 6.07) is 7.35. The zero-order valence-corrected chi connectivity index (χ0v) is 12.4. The Morgan fingerprint density at radius 3 is 2.67 bits per heavy atom. The first-order valence-electron chi connectivity index (χ1n) is 6.30. The van der Waals surface area contributed by atoms with Crippen LogP contribution in [0.4, 0.5) is 0 Å². The van der Waals surface area contributed by atoms with E-state index in [2.05, 4.69) is 15.0 Å². The number of methoxy groups -OCH3 is 1. The second-order valence-electron chi connectivity index (χ2n) is 4.38. The number of hydrogen-bond acceptors (Lipinski definition) is 5. The molecule has 0 saturated carbocycles. The number of H-pyrrole nitrogens is 1. The maximum atomic E-state index is 12.2. The average molecular weight is 299 g/mol. The summed E-state index contributed by atoms with van der Waals surface area (Å²) >= 11 is 1.44. The van der Waals surface area contributed by atoms with Crippen LogP contribution in [0.25, 0.3) is 22.0 Å². The van der Waals surface area contributed by atoms with E-state index >= 15 is 0 Å². The maximum Gasteiger partial charge on any atom is 0.258 e. The highest BCUT2D eigenvalue weighted by molar-refractivity contribution is 7.98. The molecule has 0 spiro atoms. The minimum atomic E-state index is -0.168. The summed E-state index contributed by atoms with van der Waals surface area (Å²) in [4.78, 5) is 23.7. The summed E-state index contributed by atoms with van der Waals surface area (Å²) in [5, 5.41) is 1.45. The molecule has 5 nitrogen and oxygen atoms in total. The minimum absolute atomic E-state index is 0.168. The fourth-order valence-corrected chi connectivity index (χ4v) is 2.47. The molecule has 3 aromatic rings. The van der Waals surface area contributed by atoms with Gasteiger partial charge in [0.1, 0.15) is 5.75 Å². The Hall–Kier alpha value is -2.34. The topological polar surface area (TPSA) is 67.9 Å². The summed E-state index contributed by atoms with van der Waals surface area (Å²) < 4.78 is 5.14. The van der Waals surface area contributed by atoms with Crippen molar-refractivity contribution in [1.29, 1.82) is 0 Å². The molecular weight excluding hydrogens is 286 g/mol. The molecule has 106 valence electrons. The second-order valence-corrected chi connectivity index (χ2v) is 5.16. The number of aromatic nitrogens is 3. The first-order valence-corrected chi connectivity index (χ1v) is 7.52. The predicted molar refractivity (Wildman–Crippen MR) is 83.9 cm³/mol. The Labute approximate surface area is 125 Å². The highest BCUT2D eigenvalue weighted by Gasteiger charge is 2.11. The van der Waals surface area contributed by atoms with Gasteiger partial charge in [-0.2, -0.15) is 0 Å². The van der Waals surface area contributed by atoms with Crippen molar-refractivity contribution in [2.45, 2.75) is 5.16 Å². The number of benzene rings is 1. The van der Waals surface area contributed by atoms with Gasteiger partial charge in [-0.3, -0.25) is 4.79 Å². The molecule has 2 heterocycles. The number of fused-ring (bicyclic) bond motifs is 1. The van der Waals surface area contributed by atoms with Crippen LogP contribution in [-0.2, 0) is 0 Å². The van der Waals surface area contributed by atoms with Gasteiger partial charge in [0, 0.05) is 17.8 Å². The highest BCUT2D eigenvalue weighted by atomic mass is 32.2. The predicted octanol–water partition coefficient (Wildman–Crippen LogP) is 2.72. The van der Waals surface area contributed by atoms with E-state index in [0.717, 1.165) is 16.7 Å². The molecule has 0 atom stereocenters. The number of hydrogen-bond donors (Lipinski definition) is 1. The van der Waals surface area contributed by atoms with Crippen molar-refractivity contribution in [3.8, 4) is 16.9 Å². The molecule has 0 bridgehead atoms. The van der Waals surface area contributed by atoms with E-state index in [0.29, 0.717) is 16.2 Å². The first-order chi connectivity index (χ1) is 10.2. The number of rotatable bonds is 3. The van der Waals surface area contributed by atoms with Crippen molar-refractivity contribution in [3.63, 3.8) is 0 Å². The molecule has 1 aromatic carbocycles. The van der Waals surface area contributed by atoms with Crippen LogP contribution in [0.5, 0.6) is 5.75 Å². The van der Waals surface area contributed by atoms with Gasteiger partial charge in [0.25, 0.3) is 5.56 Å². The molecule has 0 aliphatic rings. The summed E-state index contributed by atoms with van der Waals surface area (Å²) in [7, 11) is 1.61. The lowest BCUT2D eigenvalue weighted by Crippen LogP contribution is -2.10. The van der Waals surface area contributed by atoms with Crippen LogP contribution >= 0.6 is 11.8 Å². The fourth-order valence-electron chi connectivity index (χ4n) is 2.13. The van der Waals surface area contributed by atoms with E-state index < -0.39 is 0 Å². The van der Waals surface area contributed by atoms with Gasteiger partial charge in [0.15, 0.2) is 5.16 Å². The third-order valence-corrected chi connectivity index (χ3v) is 3.74. The van der Waals surface area contributed by atoms with Crippen molar-refractivity contribution in [2.24, 2.45) is 0 Å². The van der Waals surface area contributed by atoms with E-state index in [1.807, 2.05) is 30.5 Å². The number of nitrogens with one attached hydrogen (secondary N) is 1.